The highest BCUT2D eigenvalue weighted by Gasteiger charge is 2.26. The van der Waals surface area contributed by atoms with Crippen molar-refractivity contribution in [2.75, 3.05) is 4.90 Å². The van der Waals surface area contributed by atoms with Gasteiger partial charge < -0.3 is 9.88 Å². The molecule has 0 unspecified atom stereocenters. The minimum atomic E-state index is 0.229. The fourth-order valence-corrected chi connectivity index (χ4v) is 8.94. The molecule has 0 amide bonds. The van der Waals surface area contributed by atoms with Gasteiger partial charge in [-0.1, -0.05) is 205 Å². The number of H-pyrrole nitrogens is 1. The summed E-state index contributed by atoms with van der Waals surface area (Å²) in [5.74, 6) is 0. The van der Waals surface area contributed by atoms with Crippen LogP contribution in [0.3, 0.4) is 0 Å². The molecule has 1 aromatic heterocycles. The van der Waals surface area contributed by atoms with Crippen molar-refractivity contribution in [1.82, 2.24) is 4.98 Å². The number of nitrogens with zero attached hydrogens (tertiary/aromatic N) is 1. The lowest BCUT2D eigenvalue weighted by molar-refractivity contribution is 0.535. The molecule has 3 aliphatic carbocycles. The Kier molecular flexibility index (Phi) is 14.4. The Morgan fingerprint density at radius 3 is 2.14 bits per heavy atom. The molecule has 0 fully saturated rings. The van der Waals surface area contributed by atoms with Crippen LogP contribution in [0.15, 0.2) is 211 Å². The van der Waals surface area contributed by atoms with Gasteiger partial charge in [0.05, 0.1) is 5.69 Å². The summed E-state index contributed by atoms with van der Waals surface area (Å²) < 4.78 is 0. The highest BCUT2D eigenvalue weighted by Crippen LogP contribution is 2.44. The zero-order valence-electron chi connectivity index (χ0n) is 38.5. The first-order chi connectivity index (χ1) is 30.8. The monoisotopic (exact) mass is 825 g/mol. The number of hydrogen-bond acceptors (Lipinski definition) is 1. The van der Waals surface area contributed by atoms with Gasteiger partial charge in [-0.2, -0.15) is 0 Å². The van der Waals surface area contributed by atoms with Crippen molar-refractivity contribution in [1.29, 1.82) is 0 Å². The van der Waals surface area contributed by atoms with Gasteiger partial charge in [0, 0.05) is 45.2 Å². The Labute approximate surface area is 377 Å². The molecule has 2 heteroatoms. The summed E-state index contributed by atoms with van der Waals surface area (Å²) in [4.78, 5) is 6.20. The summed E-state index contributed by atoms with van der Waals surface area (Å²) in [6.07, 6.45) is 23.3. The van der Waals surface area contributed by atoms with Crippen LogP contribution in [0.1, 0.15) is 91.7 Å². The van der Waals surface area contributed by atoms with E-state index in [1.54, 1.807) is 0 Å². The summed E-state index contributed by atoms with van der Waals surface area (Å²) in [6.45, 7) is 19.1. The van der Waals surface area contributed by atoms with Gasteiger partial charge in [-0.25, -0.2) is 0 Å². The maximum atomic E-state index is 4.09. The first-order valence-electron chi connectivity index (χ1n) is 23.0. The average Bonchev–Trinajstić information content (AvgIpc) is 4.07. The topological polar surface area (TPSA) is 19.0 Å². The first kappa shape index (κ1) is 44.4. The van der Waals surface area contributed by atoms with Crippen molar-refractivity contribution < 1.29 is 0 Å². The van der Waals surface area contributed by atoms with Crippen LogP contribution in [0.4, 0.5) is 11.4 Å². The van der Waals surface area contributed by atoms with E-state index in [1.165, 1.54) is 90.3 Å². The summed E-state index contributed by atoms with van der Waals surface area (Å²) in [5, 5.41) is 5.11. The molecule has 0 bridgehead atoms. The van der Waals surface area contributed by atoms with Crippen LogP contribution in [0.5, 0.6) is 0 Å². The normalized spacial score (nSPS) is 14.9. The number of nitrogens with one attached hydrogen (secondary N) is 1. The zero-order chi connectivity index (χ0) is 44.3. The molecule has 0 radical (unpaired) electrons. The average molecular weight is 825 g/mol. The number of allylic oxidation sites excluding steroid dienone is 12. The molecule has 1 N–H and O–H groups in total. The molecule has 0 atom stereocenters. The highest BCUT2D eigenvalue weighted by atomic mass is 15.2. The van der Waals surface area contributed by atoms with Crippen molar-refractivity contribution in [2.24, 2.45) is 0 Å². The van der Waals surface area contributed by atoms with E-state index in [2.05, 4.69) is 233 Å². The van der Waals surface area contributed by atoms with Crippen LogP contribution in [0, 0.1) is 0 Å². The van der Waals surface area contributed by atoms with Crippen molar-refractivity contribution in [3.63, 3.8) is 0 Å². The molecule has 6 aromatic carbocycles. The molecular weight excluding hydrogens is 761 g/mol. The second-order valence-corrected chi connectivity index (χ2v) is 17.1. The summed E-state index contributed by atoms with van der Waals surface area (Å²) in [6, 6.07) is 48.1. The summed E-state index contributed by atoms with van der Waals surface area (Å²) >= 11 is 0. The van der Waals surface area contributed by atoms with Crippen molar-refractivity contribution in [3.8, 4) is 11.1 Å². The maximum absolute atomic E-state index is 4.09. The Morgan fingerprint density at radius 2 is 1.40 bits per heavy atom. The first-order valence-corrected chi connectivity index (χ1v) is 23.0. The van der Waals surface area contributed by atoms with E-state index < -0.39 is 0 Å². The Hall–Kier alpha value is -6.64. The smallest absolute Gasteiger partial charge is 0.0536 e. The molecule has 63 heavy (non-hydrogen) atoms. The van der Waals surface area contributed by atoms with Gasteiger partial charge in [-0.15, -0.1) is 0 Å². The number of aromatic amines is 1. The van der Waals surface area contributed by atoms with Gasteiger partial charge in [0.25, 0.3) is 0 Å². The second-order valence-electron chi connectivity index (χ2n) is 17.1. The Bertz CT molecular complexity index is 2900. The molecule has 1 heterocycles. The van der Waals surface area contributed by atoms with Crippen LogP contribution in [0.25, 0.3) is 49.3 Å². The van der Waals surface area contributed by atoms with Crippen molar-refractivity contribution in [2.45, 2.75) is 86.0 Å². The molecule has 3 aliphatic rings. The lowest BCUT2D eigenvalue weighted by Crippen LogP contribution is -2.17. The van der Waals surface area contributed by atoms with Crippen molar-refractivity contribution >= 4 is 49.5 Å². The predicted molar refractivity (Wildman–Crippen MR) is 278 cm³/mol. The molecule has 10 rings (SSSR count). The van der Waals surface area contributed by atoms with Gasteiger partial charge in [0.2, 0.25) is 0 Å². The number of hydrogen-bond donors (Lipinski definition) is 1. The minimum Gasteiger partial charge on any atom is -0.354 e. The van der Waals surface area contributed by atoms with E-state index in [9.17, 15) is 0 Å². The van der Waals surface area contributed by atoms with Crippen LogP contribution in [0.2, 0.25) is 0 Å². The van der Waals surface area contributed by atoms with E-state index in [-0.39, 0.29) is 5.41 Å². The second kappa shape index (κ2) is 20.5. The van der Waals surface area contributed by atoms with E-state index in [0.717, 1.165) is 36.0 Å². The standard InChI is InChI=1S/C39H30N2.C14H16.C6H12.C2H6/c1-26-15-16-29(23-26)30-17-19-31(24-30)41(38-14-8-7-12-33(38)27-9-3-2-4-10-27)32-20-21-35-37(25-32)40-36-22-18-28-11-5-6-13-34(28)39(35)36;1-11-7-6-10-14(2,3)13-9-5-4-8-12(11)13;1-3-5-6-4-2;1-2/h2-22,25,40H,23-24H2,1H3;4-9H,1,10H2,2-3H3;3,5H,4,6H2,1-2H3;1-2H3/b;;5-3-;. The third-order valence-corrected chi connectivity index (χ3v) is 12.2. The van der Waals surface area contributed by atoms with E-state index >= 15 is 0 Å². The highest BCUT2D eigenvalue weighted by molar-refractivity contribution is 6.20. The molecule has 0 aliphatic heterocycles. The van der Waals surface area contributed by atoms with Crippen LogP contribution < -0.4 is 4.90 Å². The number of aromatic nitrogens is 1. The molecule has 0 saturated heterocycles. The van der Waals surface area contributed by atoms with Gasteiger partial charge in [-0.05, 0) is 113 Å². The molecule has 318 valence electrons. The fourth-order valence-electron chi connectivity index (χ4n) is 8.94. The predicted octanol–water partition coefficient (Wildman–Crippen LogP) is 18.1. The largest absolute Gasteiger partial charge is 0.354 e. The lowest BCUT2D eigenvalue weighted by Gasteiger charge is -2.29. The van der Waals surface area contributed by atoms with Crippen LogP contribution in [-0.4, -0.2) is 4.98 Å². The van der Waals surface area contributed by atoms with Crippen LogP contribution >= 0.6 is 0 Å². The quantitative estimate of drug-likeness (QED) is 0.159. The molecule has 0 saturated carbocycles. The van der Waals surface area contributed by atoms with E-state index in [1.807, 2.05) is 13.8 Å². The van der Waals surface area contributed by atoms with Gasteiger partial charge >= 0.3 is 0 Å². The van der Waals surface area contributed by atoms with Gasteiger partial charge in [-0.3, -0.25) is 0 Å². The van der Waals surface area contributed by atoms with Gasteiger partial charge in [0.15, 0.2) is 0 Å². The van der Waals surface area contributed by atoms with Crippen molar-refractivity contribution in [3.05, 3.63) is 222 Å². The molecule has 7 aromatic rings. The van der Waals surface area contributed by atoms with E-state index in [4.69, 9.17) is 0 Å². The van der Waals surface area contributed by atoms with Crippen LogP contribution in [-0.2, 0) is 5.41 Å². The number of anilines is 2. The third kappa shape index (κ3) is 9.87. The zero-order valence-corrected chi connectivity index (χ0v) is 38.5. The molecule has 0 spiro atoms. The number of unbranched alkanes of at least 4 members (excludes halogenated alkanes) is 1. The number of rotatable bonds is 7. The minimum absolute atomic E-state index is 0.229. The Morgan fingerprint density at radius 1 is 0.698 bits per heavy atom. The van der Waals surface area contributed by atoms with Gasteiger partial charge in [0.1, 0.15) is 0 Å². The lowest BCUT2D eigenvalue weighted by atomic mass is 9.79. The fraction of sp³-hybridized carbons (Fsp3) is 0.213. The number of benzene rings is 6. The summed E-state index contributed by atoms with van der Waals surface area (Å²) in [7, 11) is 0. The van der Waals surface area contributed by atoms with E-state index in [0.29, 0.717) is 0 Å². The number of para-hydroxylation sites is 1. The Balaban J connectivity index is 0.000000224. The molecule has 2 nitrogen and oxygen atoms in total. The maximum Gasteiger partial charge on any atom is 0.0536 e. The molecular formula is C61H64N2. The third-order valence-electron chi connectivity index (χ3n) is 12.2. The number of fused-ring (bicyclic) bond motifs is 6. The summed E-state index contributed by atoms with van der Waals surface area (Å²) in [5.41, 5.74) is 16.7. The SMILES string of the molecule is C/C=C\CCC.C=C1C=CCC(C)(C)c2ccccc21.CC.CC1=CC=C(C2=CC=C(N(c3ccc4c(c3)[nH]c3ccc5ccccc5c34)c3ccccc3-c3ccccc3)C2)C1.